The van der Waals surface area contributed by atoms with E-state index in [2.05, 4.69) is 10.6 Å². The highest BCUT2D eigenvalue weighted by molar-refractivity contribution is 5.92. The molecule has 0 aliphatic carbocycles. The van der Waals surface area contributed by atoms with E-state index in [4.69, 9.17) is 0 Å². The number of aliphatic hydroxyl groups is 1. The molecule has 1 heterocycles. The van der Waals surface area contributed by atoms with Crippen LogP contribution in [0.2, 0.25) is 0 Å². The van der Waals surface area contributed by atoms with Gasteiger partial charge in [-0.2, -0.15) is 0 Å². The van der Waals surface area contributed by atoms with Gasteiger partial charge in [-0.1, -0.05) is 19.9 Å². The standard InChI is InChI=1S/C15H21N3O2/c1-10(2)14(19)9-16-15(20)17-12-5-4-11-6-7-18(3)13(11)8-12/h4-8,10,14,19H,9H2,1-3H3,(H2,16,17,20)/t14-/m0/s1. The monoisotopic (exact) mass is 275 g/mol. The van der Waals surface area contributed by atoms with Crippen molar-refractivity contribution in [1.29, 1.82) is 0 Å². The molecule has 1 atom stereocenters. The van der Waals surface area contributed by atoms with Crippen LogP contribution in [0.4, 0.5) is 10.5 Å². The third-order valence-corrected chi connectivity index (χ3v) is 3.39. The van der Waals surface area contributed by atoms with Gasteiger partial charge in [0.25, 0.3) is 0 Å². The topological polar surface area (TPSA) is 66.3 Å². The predicted molar refractivity (Wildman–Crippen MR) is 80.8 cm³/mol. The molecule has 2 amide bonds. The second kappa shape index (κ2) is 5.96. The zero-order chi connectivity index (χ0) is 14.7. The zero-order valence-corrected chi connectivity index (χ0v) is 12.1. The molecule has 0 radical (unpaired) electrons. The van der Waals surface area contributed by atoms with Gasteiger partial charge in [0.15, 0.2) is 0 Å². The van der Waals surface area contributed by atoms with Gasteiger partial charge in [0.05, 0.1) is 6.10 Å². The van der Waals surface area contributed by atoms with Crippen molar-refractivity contribution in [3.63, 3.8) is 0 Å². The summed E-state index contributed by atoms with van der Waals surface area (Å²) in [6.45, 7) is 4.07. The molecule has 3 N–H and O–H groups in total. The van der Waals surface area contributed by atoms with Crippen molar-refractivity contribution in [2.24, 2.45) is 13.0 Å². The van der Waals surface area contributed by atoms with Gasteiger partial charge in [-0.05, 0) is 29.5 Å². The lowest BCUT2D eigenvalue weighted by molar-refractivity contribution is 0.126. The molecular weight excluding hydrogens is 254 g/mol. The first kappa shape index (κ1) is 14.4. The van der Waals surface area contributed by atoms with Gasteiger partial charge < -0.3 is 20.3 Å². The molecule has 1 aromatic carbocycles. The summed E-state index contributed by atoms with van der Waals surface area (Å²) < 4.78 is 2.00. The number of aliphatic hydroxyl groups excluding tert-OH is 1. The Hall–Kier alpha value is -2.01. The van der Waals surface area contributed by atoms with Gasteiger partial charge in [0.2, 0.25) is 0 Å². The third kappa shape index (κ3) is 3.30. The molecule has 0 spiro atoms. The van der Waals surface area contributed by atoms with Crippen LogP contribution in [0, 0.1) is 5.92 Å². The van der Waals surface area contributed by atoms with E-state index >= 15 is 0 Å². The summed E-state index contributed by atoms with van der Waals surface area (Å²) in [5, 5.41) is 16.2. The van der Waals surface area contributed by atoms with E-state index in [0.717, 1.165) is 16.6 Å². The number of benzene rings is 1. The SMILES string of the molecule is CC(C)[C@@H](O)CNC(=O)Nc1ccc2ccn(C)c2c1. The van der Waals surface area contributed by atoms with Gasteiger partial charge in [0, 0.05) is 31.0 Å². The molecule has 0 fully saturated rings. The first-order chi connectivity index (χ1) is 9.47. The smallest absolute Gasteiger partial charge is 0.319 e. The average Bonchev–Trinajstić information content (AvgIpc) is 2.77. The number of nitrogens with one attached hydrogen (secondary N) is 2. The van der Waals surface area contributed by atoms with E-state index in [1.807, 2.05) is 55.9 Å². The van der Waals surface area contributed by atoms with Crippen molar-refractivity contribution in [1.82, 2.24) is 9.88 Å². The number of carbonyl (C=O) groups is 1. The lowest BCUT2D eigenvalue weighted by atomic mass is 10.1. The molecule has 5 nitrogen and oxygen atoms in total. The van der Waals surface area contributed by atoms with E-state index in [0.29, 0.717) is 0 Å². The summed E-state index contributed by atoms with van der Waals surface area (Å²) in [7, 11) is 1.96. The summed E-state index contributed by atoms with van der Waals surface area (Å²) in [4.78, 5) is 11.8. The molecule has 2 rings (SSSR count). The molecule has 108 valence electrons. The Kier molecular flexibility index (Phi) is 4.29. The Labute approximate surface area is 118 Å². The maximum Gasteiger partial charge on any atom is 0.319 e. The third-order valence-electron chi connectivity index (χ3n) is 3.39. The van der Waals surface area contributed by atoms with Gasteiger partial charge in [-0.25, -0.2) is 4.79 Å². The summed E-state index contributed by atoms with van der Waals surface area (Å²) in [6.07, 6.45) is 1.45. The fourth-order valence-electron chi connectivity index (χ4n) is 1.95. The molecule has 0 unspecified atom stereocenters. The highest BCUT2D eigenvalue weighted by atomic mass is 16.3. The first-order valence-electron chi connectivity index (χ1n) is 6.75. The molecule has 0 saturated carbocycles. The minimum Gasteiger partial charge on any atom is -0.391 e. The molecular formula is C15H21N3O2. The van der Waals surface area contributed by atoms with Crippen molar-refractivity contribution >= 4 is 22.6 Å². The fourth-order valence-corrected chi connectivity index (χ4v) is 1.95. The Morgan fingerprint density at radius 1 is 1.35 bits per heavy atom. The van der Waals surface area contributed by atoms with Crippen LogP contribution in [0.3, 0.4) is 0 Å². The summed E-state index contributed by atoms with van der Waals surface area (Å²) in [5.41, 5.74) is 1.79. The number of amides is 2. The van der Waals surface area contributed by atoms with Crippen LogP contribution in [0.1, 0.15) is 13.8 Å². The van der Waals surface area contributed by atoms with E-state index in [1.165, 1.54) is 0 Å². The Balaban J connectivity index is 1.97. The zero-order valence-electron chi connectivity index (χ0n) is 12.1. The van der Waals surface area contributed by atoms with Crippen LogP contribution in [-0.2, 0) is 7.05 Å². The highest BCUT2D eigenvalue weighted by Crippen LogP contribution is 2.19. The molecule has 2 aromatic rings. The number of aryl methyl sites for hydroxylation is 1. The highest BCUT2D eigenvalue weighted by Gasteiger charge is 2.10. The second-order valence-corrected chi connectivity index (χ2v) is 5.35. The molecule has 0 aliphatic rings. The van der Waals surface area contributed by atoms with Crippen molar-refractivity contribution in [2.45, 2.75) is 20.0 Å². The number of carbonyl (C=O) groups excluding carboxylic acids is 1. The largest absolute Gasteiger partial charge is 0.391 e. The Morgan fingerprint density at radius 2 is 2.10 bits per heavy atom. The number of urea groups is 1. The lowest BCUT2D eigenvalue weighted by Crippen LogP contribution is -2.37. The molecule has 0 aliphatic heterocycles. The summed E-state index contributed by atoms with van der Waals surface area (Å²) in [6, 6.07) is 7.47. The predicted octanol–water partition coefficient (Wildman–Crippen LogP) is 2.32. The fraction of sp³-hybridized carbons (Fsp3) is 0.400. The maximum atomic E-state index is 11.8. The Bertz CT molecular complexity index is 604. The summed E-state index contributed by atoms with van der Waals surface area (Å²) in [5.74, 6) is 0.120. The van der Waals surface area contributed by atoms with Crippen LogP contribution < -0.4 is 10.6 Å². The van der Waals surface area contributed by atoms with Gasteiger partial charge in [0.1, 0.15) is 0 Å². The van der Waals surface area contributed by atoms with E-state index < -0.39 is 6.10 Å². The maximum absolute atomic E-state index is 11.8. The number of nitrogens with zero attached hydrogens (tertiary/aromatic N) is 1. The molecule has 5 heteroatoms. The van der Waals surface area contributed by atoms with Crippen LogP contribution in [0.25, 0.3) is 10.9 Å². The molecule has 0 bridgehead atoms. The number of hydrogen-bond acceptors (Lipinski definition) is 2. The molecule has 0 saturated heterocycles. The molecule has 20 heavy (non-hydrogen) atoms. The number of anilines is 1. The normalized spacial score (nSPS) is 12.7. The van der Waals surface area contributed by atoms with Crippen LogP contribution in [-0.4, -0.2) is 28.4 Å². The van der Waals surface area contributed by atoms with Crippen LogP contribution in [0.15, 0.2) is 30.5 Å². The number of rotatable bonds is 4. The lowest BCUT2D eigenvalue weighted by Gasteiger charge is -2.15. The van der Waals surface area contributed by atoms with Crippen molar-refractivity contribution in [2.75, 3.05) is 11.9 Å². The van der Waals surface area contributed by atoms with Crippen molar-refractivity contribution in [3.8, 4) is 0 Å². The van der Waals surface area contributed by atoms with Gasteiger partial charge in [-0.3, -0.25) is 0 Å². The quantitative estimate of drug-likeness (QED) is 0.801. The van der Waals surface area contributed by atoms with Crippen molar-refractivity contribution < 1.29 is 9.90 Å². The molecule has 1 aromatic heterocycles. The minimum absolute atomic E-state index is 0.120. The summed E-state index contributed by atoms with van der Waals surface area (Å²) >= 11 is 0. The van der Waals surface area contributed by atoms with Gasteiger partial charge >= 0.3 is 6.03 Å². The van der Waals surface area contributed by atoms with Crippen LogP contribution in [0.5, 0.6) is 0 Å². The number of fused-ring (bicyclic) bond motifs is 1. The first-order valence-corrected chi connectivity index (χ1v) is 6.75. The van der Waals surface area contributed by atoms with E-state index in [9.17, 15) is 9.90 Å². The Morgan fingerprint density at radius 3 is 2.80 bits per heavy atom. The van der Waals surface area contributed by atoms with Crippen molar-refractivity contribution in [3.05, 3.63) is 30.5 Å². The van der Waals surface area contributed by atoms with E-state index in [-0.39, 0.29) is 18.5 Å². The number of hydrogen-bond donors (Lipinski definition) is 3. The van der Waals surface area contributed by atoms with Crippen LogP contribution >= 0.6 is 0 Å². The minimum atomic E-state index is -0.531. The van der Waals surface area contributed by atoms with E-state index in [1.54, 1.807) is 0 Å². The average molecular weight is 275 g/mol. The second-order valence-electron chi connectivity index (χ2n) is 5.35. The van der Waals surface area contributed by atoms with Gasteiger partial charge in [-0.15, -0.1) is 0 Å². The number of aromatic nitrogens is 1.